The van der Waals surface area contributed by atoms with E-state index in [0.29, 0.717) is 0 Å². The highest BCUT2D eigenvalue weighted by Crippen LogP contribution is 2.17. The Balaban J connectivity index is 0.00000225. The van der Waals surface area contributed by atoms with Gasteiger partial charge in [-0.1, -0.05) is 99.3 Å². The summed E-state index contributed by atoms with van der Waals surface area (Å²) >= 11 is 0. The maximum absolute atomic E-state index is 6.51. The van der Waals surface area contributed by atoms with Crippen LogP contribution >= 0.6 is 0 Å². The van der Waals surface area contributed by atoms with E-state index in [0.717, 1.165) is 6.42 Å². The highest BCUT2D eigenvalue weighted by atomic mass is 16.4. The van der Waals surface area contributed by atoms with Crippen LogP contribution in [0.15, 0.2) is 84.9 Å². The van der Waals surface area contributed by atoms with E-state index in [4.69, 9.17) is 4.65 Å². The molecule has 0 N–H and O–H groups in total. The van der Waals surface area contributed by atoms with Crippen molar-refractivity contribution in [1.29, 1.82) is 0 Å². The molecule has 2 heteroatoms. The Morgan fingerprint density at radius 3 is 2.04 bits per heavy atom. The highest BCUT2D eigenvalue weighted by molar-refractivity contribution is 6.80. The van der Waals surface area contributed by atoms with Gasteiger partial charge in [-0.3, -0.25) is 0 Å². The molecule has 0 saturated heterocycles. The maximum atomic E-state index is 6.51. The van der Waals surface area contributed by atoms with Crippen molar-refractivity contribution < 1.29 is 4.65 Å². The summed E-state index contributed by atoms with van der Waals surface area (Å²) in [6.07, 6.45) is 1.06. The lowest BCUT2D eigenvalue weighted by atomic mass is 9.55. The van der Waals surface area contributed by atoms with Crippen LogP contribution in [0, 0.1) is 0 Å². The summed E-state index contributed by atoms with van der Waals surface area (Å²) in [6.45, 7) is 4.24. The van der Waals surface area contributed by atoms with E-state index in [1.807, 2.05) is 12.1 Å². The zero-order valence-corrected chi connectivity index (χ0v) is 14.4. The van der Waals surface area contributed by atoms with E-state index in [1.54, 1.807) is 0 Å². The summed E-state index contributed by atoms with van der Waals surface area (Å²) in [7, 11) is 0. The fourth-order valence-electron chi connectivity index (χ4n) is 2.96. The first-order valence-corrected chi connectivity index (χ1v) is 8.62. The molecule has 0 aliphatic rings. The molecule has 3 aromatic carbocycles. The lowest BCUT2D eigenvalue weighted by Gasteiger charge is -2.21. The van der Waals surface area contributed by atoms with Gasteiger partial charge in [-0.2, -0.15) is 0 Å². The van der Waals surface area contributed by atoms with Crippen LogP contribution in [0.1, 0.15) is 38.5 Å². The SMILES string of the molecule is C.CCc1cccc(B(OC(C)c2ccccc2)c2ccccc2)c1. The molecule has 0 amide bonds. The minimum atomic E-state index is -0.0621. The van der Waals surface area contributed by atoms with Gasteiger partial charge in [0.2, 0.25) is 0 Å². The molecule has 25 heavy (non-hydrogen) atoms. The fourth-order valence-corrected chi connectivity index (χ4v) is 2.96. The predicted molar refractivity (Wildman–Crippen MR) is 110 cm³/mol. The predicted octanol–water partition coefficient (Wildman–Crippen LogP) is 4.77. The molecule has 0 aliphatic heterocycles. The Labute approximate surface area is 152 Å². The van der Waals surface area contributed by atoms with Crippen molar-refractivity contribution in [2.75, 3.05) is 0 Å². The summed E-state index contributed by atoms with van der Waals surface area (Å²) < 4.78 is 6.51. The minimum absolute atomic E-state index is 0. The third-order valence-corrected chi connectivity index (χ3v) is 4.37. The topological polar surface area (TPSA) is 9.23 Å². The Morgan fingerprint density at radius 1 is 0.800 bits per heavy atom. The Hall–Kier alpha value is -2.32. The van der Waals surface area contributed by atoms with Crippen LogP contribution in [0.2, 0.25) is 0 Å². The standard InChI is InChI=1S/C22H23BO.CH4/c1-3-19-11-10-16-22(17-19)23(21-14-8-5-9-15-21)24-18(2)20-12-6-4-7-13-20;/h4-18H,3H2,1-2H3;1H4. The van der Waals surface area contributed by atoms with E-state index in [2.05, 4.69) is 86.6 Å². The first kappa shape index (κ1) is 19.0. The molecule has 0 aromatic heterocycles. The first-order chi connectivity index (χ1) is 11.8. The third-order valence-electron chi connectivity index (χ3n) is 4.37. The van der Waals surface area contributed by atoms with Crippen molar-refractivity contribution in [3.05, 3.63) is 96.1 Å². The molecule has 0 fully saturated rings. The normalized spacial score (nSPS) is 11.4. The van der Waals surface area contributed by atoms with Crippen molar-refractivity contribution in [1.82, 2.24) is 0 Å². The van der Waals surface area contributed by atoms with Crippen molar-refractivity contribution in [2.45, 2.75) is 33.8 Å². The van der Waals surface area contributed by atoms with E-state index in [9.17, 15) is 0 Å². The van der Waals surface area contributed by atoms with Crippen molar-refractivity contribution in [3.63, 3.8) is 0 Å². The molecule has 3 rings (SSSR count). The van der Waals surface area contributed by atoms with Gasteiger partial charge in [0.05, 0.1) is 6.10 Å². The largest absolute Gasteiger partial charge is 0.420 e. The summed E-state index contributed by atoms with van der Waals surface area (Å²) in [5.74, 6) is 0. The summed E-state index contributed by atoms with van der Waals surface area (Å²) in [4.78, 5) is 0. The van der Waals surface area contributed by atoms with Crippen LogP contribution < -0.4 is 10.9 Å². The van der Waals surface area contributed by atoms with Gasteiger partial charge in [-0.15, -0.1) is 0 Å². The second kappa shape index (κ2) is 9.24. The molecular formula is C23H27BO. The van der Waals surface area contributed by atoms with E-state index in [-0.39, 0.29) is 20.4 Å². The average Bonchev–Trinajstić information content (AvgIpc) is 2.67. The van der Waals surface area contributed by atoms with E-state index in [1.165, 1.54) is 22.1 Å². The van der Waals surface area contributed by atoms with Crippen LogP contribution in [0.3, 0.4) is 0 Å². The molecule has 128 valence electrons. The number of benzene rings is 3. The first-order valence-electron chi connectivity index (χ1n) is 8.62. The minimum Gasteiger partial charge on any atom is -0.420 e. The van der Waals surface area contributed by atoms with Crippen molar-refractivity contribution in [2.24, 2.45) is 0 Å². The van der Waals surface area contributed by atoms with Gasteiger partial charge >= 0.3 is 6.92 Å². The van der Waals surface area contributed by atoms with Crippen LogP contribution in [0.4, 0.5) is 0 Å². The quantitative estimate of drug-likeness (QED) is 0.592. The van der Waals surface area contributed by atoms with Crippen LogP contribution in [-0.4, -0.2) is 6.92 Å². The number of aryl methyl sites for hydroxylation is 1. The summed E-state index contributed by atoms with van der Waals surface area (Å²) in [6, 6.07) is 29.6. The molecule has 0 heterocycles. The second-order valence-corrected chi connectivity index (χ2v) is 6.08. The molecule has 0 aliphatic carbocycles. The Bertz CT molecular complexity index is 755. The van der Waals surface area contributed by atoms with Gasteiger partial charge in [0.15, 0.2) is 0 Å². The number of hydrogen-bond acceptors (Lipinski definition) is 1. The summed E-state index contributed by atoms with van der Waals surface area (Å²) in [5.41, 5.74) is 4.94. The molecule has 0 saturated carbocycles. The Morgan fingerprint density at radius 2 is 1.40 bits per heavy atom. The van der Waals surface area contributed by atoms with Crippen molar-refractivity contribution in [3.8, 4) is 0 Å². The number of rotatable bonds is 6. The van der Waals surface area contributed by atoms with Gasteiger partial charge in [0.1, 0.15) is 0 Å². The second-order valence-electron chi connectivity index (χ2n) is 6.08. The fraction of sp³-hybridized carbons (Fsp3) is 0.217. The van der Waals surface area contributed by atoms with E-state index < -0.39 is 0 Å². The van der Waals surface area contributed by atoms with Crippen LogP contribution in [0.25, 0.3) is 0 Å². The molecular weight excluding hydrogens is 303 g/mol. The van der Waals surface area contributed by atoms with E-state index >= 15 is 0 Å². The molecule has 1 atom stereocenters. The smallest absolute Gasteiger partial charge is 0.362 e. The van der Waals surface area contributed by atoms with Crippen LogP contribution in [-0.2, 0) is 11.1 Å². The lowest BCUT2D eigenvalue weighted by molar-refractivity contribution is 0.237. The number of hydrogen-bond donors (Lipinski definition) is 0. The lowest BCUT2D eigenvalue weighted by Crippen LogP contribution is -2.45. The monoisotopic (exact) mass is 330 g/mol. The van der Waals surface area contributed by atoms with Gasteiger partial charge in [0, 0.05) is 0 Å². The summed E-state index contributed by atoms with van der Waals surface area (Å²) in [5, 5.41) is 0. The van der Waals surface area contributed by atoms with Crippen LogP contribution in [0.5, 0.6) is 0 Å². The average molecular weight is 330 g/mol. The zero-order valence-electron chi connectivity index (χ0n) is 14.4. The van der Waals surface area contributed by atoms with Gasteiger partial charge in [-0.05, 0) is 35.4 Å². The molecule has 1 unspecified atom stereocenters. The van der Waals surface area contributed by atoms with Gasteiger partial charge < -0.3 is 4.65 Å². The molecule has 0 spiro atoms. The molecule has 3 aromatic rings. The highest BCUT2D eigenvalue weighted by Gasteiger charge is 2.24. The van der Waals surface area contributed by atoms with Gasteiger partial charge in [-0.25, -0.2) is 0 Å². The molecule has 0 bridgehead atoms. The Kier molecular flexibility index (Phi) is 7.03. The molecule has 0 radical (unpaired) electrons. The third kappa shape index (κ3) is 4.84. The van der Waals surface area contributed by atoms with Crippen molar-refractivity contribution >= 4 is 17.8 Å². The zero-order chi connectivity index (χ0) is 16.8. The maximum Gasteiger partial charge on any atom is 0.362 e. The van der Waals surface area contributed by atoms with Gasteiger partial charge in [0.25, 0.3) is 0 Å². The molecule has 1 nitrogen and oxygen atoms in total.